The Labute approximate surface area is 101 Å². The van der Waals surface area contributed by atoms with Crippen molar-refractivity contribution in [2.45, 2.75) is 24.3 Å². The van der Waals surface area contributed by atoms with E-state index in [1.54, 1.807) is 0 Å². The predicted molar refractivity (Wildman–Crippen MR) is 68.4 cm³/mol. The van der Waals surface area contributed by atoms with Crippen molar-refractivity contribution in [1.29, 1.82) is 0 Å². The van der Waals surface area contributed by atoms with Gasteiger partial charge in [0.1, 0.15) is 0 Å². The van der Waals surface area contributed by atoms with Crippen LogP contribution in [0, 0.1) is 0 Å². The summed E-state index contributed by atoms with van der Waals surface area (Å²) in [7, 11) is 0. The summed E-state index contributed by atoms with van der Waals surface area (Å²) in [4.78, 5) is 12.6. The van der Waals surface area contributed by atoms with Crippen LogP contribution in [0.25, 0.3) is 0 Å². The minimum atomic E-state index is 0.0396. The van der Waals surface area contributed by atoms with E-state index in [0.29, 0.717) is 12.3 Å². The quantitative estimate of drug-likeness (QED) is 0.741. The fraction of sp³-hybridized carbons (Fsp3) is 0.417. The molecule has 0 aliphatic carbocycles. The van der Waals surface area contributed by atoms with E-state index in [4.69, 9.17) is 5.73 Å². The zero-order valence-electron chi connectivity index (χ0n) is 9.48. The molecule has 1 amide bonds. The third-order valence-corrected chi connectivity index (χ3v) is 3.21. The summed E-state index contributed by atoms with van der Waals surface area (Å²) in [5.41, 5.74) is 5.71. The van der Waals surface area contributed by atoms with Crippen molar-refractivity contribution in [2.75, 3.05) is 12.3 Å². The van der Waals surface area contributed by atoms with Gasteiger partial charge in [-0.15, -0.1) is 11.8 Å². The summed E-state index contributed by atoms with van der Waals surface area (Å²) in [6, 6.07) is 9.95. The summed E-state index contributed by atoms with van der Waals surface area (Å²) >= 11 is 1.53. The number of hydrogen-bond acceptors (Lipinski definition) is 3. The second-order valence-corrected chi connectivity index (χ2v) is 4.62. The van der Waals surface area contributed by atoms with Crippen molar-refractivity contribution >= 4 is 17.7 Å². The molecule has 1 aromatic rings. The molecule has 4 heteroatoms. The fourth-order valence-corrected chi connectivity index (χ4v) is 1.86. The minimum absolute atomic E-state index is 0.0396. The van der Waals surface area contributed by atoms with Crippen LogP contribution in [0.15, 0.2) is 35.2 Å². The Hall–Kier alpha value is -1.00. The van der Waals surface area contributed by atoms with Crippen LogP contribution >= 0.6 is 11.8 Å². The molecule has 0 saturated carbocycles. The Morgan fingerprint density at radius 2 is 2.12 bits per heavy atom. The molecular weight excluding hydrogens is 220 g/mol. The van der Waals surface area contributed by atoms with Crippen LogP contribution < -0.4 is 11.1 Å². The van der Waals surface area contributed by atoms with Gasteiger partial charge in [-0.2, -0.15) is 0 Å². The molecule has 0 radical (unpaired) electrons. The maximum absolute atomic E-state index is 11.4. The summed E-state index contributed by atoms with van der Waals surface area (Å²) in [5, 5.41) is 2.82. The Balaban J connectivity index is 2.20. The van der Waals surface area contributed by atoms with Gasteiger partial charge in [-0.1, -0.05) is 25.1 Å². The first-order valence-corrected chi connectivity index (χ1v) is 6.41. The molecule has 16 heavy (non-hydrogen) atoms. The molecule has 1 atom stereocenters. The zero-order chi connectivity index (χ0) is 11.8. The Kier molecular flexibility index (Phi) is 5.96. The van der Waals surface area contributed by atoms with Gasteiger partial charge in [0, 0.05) is 17.5 Å². The van der Waals surface area contributed by atoms with E-state index in [0.717, 1.165) is 11.3 Å². The highest BCUT2D eigenvalue weighted by Gasteiger charge is 2.04. The number of benzene rings is 1. The highest BCUT2D eigenvalue weighted by Crippen LogP contribution is 2.15. The summed E-state index contributed by atoms with van der Waals surface area (Å²) in [5.74, 6) is 0.484. The molecular formula is C12H18N2OS. The van der Waals surface area contributed by atoms with Gasteiger partial charge in [0.05, 0.1) is 5.75 Å². The van der Waals surface area contributed by atoms with Crippen LogP contribution in [0.3, 0.4) is 0 Å². The van der Waals surface area contributed by atoms with E-state index in [1.807, 2.05) is 37.3 Å². The maximum Gasteiger partial charge on any atom is 0.230 e. The van der Waals surface area contributed by atoms with E-state index < -0.39 is 0 Å². The van der Waals surface area contributed by atoms with Crippen LogP contribution in [0.1, 0.15) is 13.3 Å². The molecule has 0 fully saturated rings. The SMILES string of the molecule is CCC(N)CNC(=O)CSc1ccccc1. The Morgan fingerprint density at radius 3 is 2.75 bits per heavy atom. The highest BCUT2D eigenvalue weighted by atomic mass is 32.2. The summed E-state index contributed by atoms with van der Waals surface area (Å²) < 4.78 is 0. The number of rotatable bonds is 6. The van der Waals surface area contributed by atoms with E-state index in [2.05, 4.69) is 5.32 Å². The highest BCUT2D eigenvalue weighted by molar-refractivity contribution is 8.00. The lowest BCUT2D eigenvalue weighted by molar-refractivity contribution is -0.118. The molecule has 0 aromatic heterocycles. The molecule has 0 aliphatic heterocycles. The van der Waals surface area contributed by atoms with Gasteiger partial charge < -0.3 is 11.1 Å². The largest absolute Gasteiger partial charge is 0.354 e. The van der Waals surface area contributed by atoms with Crippen LogP contribution in [0.5, 0.6) is 0 Å². The number of carbonyl (C=O) groups excluding carboxylic acids is 1. The second-order valence-electron chi connectivity index (χ2n) is 3.57. The Morgan fingerprint density at radius 1 is 1.44 bits per heavy atom. The normalized spacial score (nSPS) is 12.1. The number of nitrogens with one attached hydrogen (secondary N) is 1. The van der Waals surface area contributed by atoms with Crippen LogP contribution in [-0.4, -0.2) is 24.2 Å². The average Bonchev–Trinajstić information content (AvgIpc) is 2.34. The molecule has 88 valence electrons. The van der Waals surface area contributed by atoms with Gasteiger partial charge in [-0.05, 0) is 18.6 Å². The number of amides is 1. The predicted octanol–water partition coefficient (Wildman–Crippen LogP) is 1.63. The first-order valence-electron chi connectivity index (χ1n) is 5.42. The van der Waals surface area contributed by atoms with E-state index in [-0.39, 0.29) is 11.9 Å². The molecule has 1 rings (SSSR count). The van der Waals surface area contributed by atoms with E-state index in [1.165, 1.54) is 11.8 Å². The lowest BCUT2D eigenvalue weighted by Gasteiger charge is -2.09. The summed E-state index contributed by atoms with van der Waals surface area (Å²) in [6.45, 7) is 2.57. The lowest BCUT2D eigenvalue weighted by Crippen LogP contribution is -2.37. The van der Waals surface area contributed by atoms with E-state index >= 15 is 0 Å². The monoisotopic (exact) mass is 238 g/mol. The number of thioether (sulfide) groups is 1. The average molecular weight is 238 g/mol. The summed E-state index contributed by atoms with van der Waals surface area (Å²) in [6.07, 6.45) is 0.881. The molecule has 0 bridgehead atoms. The zero-order valence-corrected chi connectivity index (χ0v) is 10.3. The van der Waals surface area contributed by atoms with Gasteiger partial charge >= 0.3 is 0 Å². The van der Waals surface area contributed by atoms with Crippen molar-refractivity contribution in [3.8, 4) is 0 Å². The molecule has 3 nitrogen and oxygen atoms in total. The topological polar surface area (TPSA) is 55.1 Å². The number of hydrogen-bond donors (Lipinski definition) is 2. The molecule has 0 heterocycles. The number of nitrogens with two attached hydrogens (primary N) is 1. The third-order valence-electron chi connectivity index (χ3n) is 2.20. The van der Waals surface area contributed by atoms with Crippen molar-refractivity contribution in [1.82, 2.24) is 5.32 Å². The van der Waals surface area contributed by atoms with E-state index in [9.17, 15) is 4.79 Å². The minimum Gasteiger partial charge on any atom is -0.354 e. The molecule has 1 unspecified atom stereocenters. The lowest BCUT2D eigenvalue weighted by atomic mass is 10.2. The standard InChI is InChI=1S/C12H18N2OS/c1-2-10(13)8-14-12(15)9-16-11-6-4-3-5-7-11/h3-7,10H,2,8-9,13H2,1H3,(H,14,15). The molecule has 0 spiro atoms. The fourth-order valence-electron chi connectivity index (χ4n) is 1.11. The van der Waals surface area contributed by atoms with Crippen molar-refractivity contribution in [2.24, 2.45) is 5.73 Å². The number of carbonyl (C=O) groups is 1. The van der Waals surface area contributed by atoms with Crippen LogP contribution in [0.4, 0.5) is 0 Å². The molecule has 0 aliphatic rings. The van der Waals surface area contributed by atoms with Gasteiger partial charge in [0.15, 0.2) is 0 Å². The Bertz CT molecular complexity index is 316. The van der Waals surface area contributed by atoms with Gasteiger partial charge in [0.2, 0.25) is 5.91 Å². The third kappa shape index (κ3) is 5.19. The second kappa shape index (κ2) is 7.30. The van der Waals surface area contributed by atoms with Crippen LogP contribution in [-0.2, 0) is 4.79 Å². The smallest absolute Gasteiger partial charge is 0.230 e. The van der Waals surface area contributed by atoms with Crippen molar-refractivity contribution in [3.63, 3.8) is 0 Å². The first kappa shape index (κ1) is 13.1. The van der Waals surface area contributed by atoms with Gasteiger partial charge in [-0.3, -0.25) is 4.79 Å². The molecule has 0 saturated heterocycles. The maximum atomic E-state index is 11.4. The van der Waals surface area contributed by atoms with Gasteiger partial charge in [0.25, 0.3) is 0 Å². The van der Waals surface area contributed by atoms with Gasteiger partial charge in [-0.25, -0.2) is 0 Å². The molecule has 1 aromatic carbocycles. The van der Waals surface area contributed by atoms with Crippen LogP contribution in [0.2, 0.25) is 0 Å². The van der Waals surface area contributed by atoms with Crippen molar-refractivity contribution < 1.29 is 4.79 Å². The molecule has 3 N–H and O–H groups in total. The van der Waals surface area contributed by atoms with Crippen molar-refractivity contribution in [3.05, 3.63) is 30.3 Å². The first-order chi connectivity index (χ1) is 7.72.